The van der Waals surface area contributed by atoms with Crippen molar-refractivity contribution in [2.75, 3.05) is 17.7 Å². The highest BCUT2D eigenvalue weighted by molar-refractivity contribution is 5.67. The van der Waals surface area contributed by atoms with E-state index in [9.17, 15) is 4.91 Å². The zero-order valence-corrected chi connectivity index (χ0v) is 15.0. The van der Waals surface area contributed by atoms with E-state index in [-0.39, 0.29) is 23.3 Å². The smallest absolute Gasteiger partial charge is 0.250 e. The Hall–Kier alpha value is -3.21. The fourth-order valence-corrected chi connectivity index (χ4v) is 3.17. The molecule has 0 radical (unpaired) electrons. The number of hydrogen-bond donors (Lipinski definition) is 2. The number of hydrogen-bond acceptors (Lipinski definition) is 8. The molecule has 1 aliphatic rings. The molecule has 27 heavy (non-hydrogen) atoms. The van der Waals surface area contributed by atoms with E-state index in [1.807, 2.05) is 24.3 Å². The maximum Gasteiger partial charge on any atom is 0.250 e. The van der Waals surface area contributed by atoms with E-state index in [4.69, 9.17) is 15.7 Å². The van der Waals surface area contributed by atoms with Crippen molar-refractivity contribution in [3.05, 3.63) is 34.7 Å². The van der Waals surface area contributed by atoms with Gasteiger partial charge in [0, 0.05) is 5.69 Å². The Morgan fingerprint density at radius 3 is 2.63 bits per heavy atom. The van der Waals surface area contributed by atoms with Crippen molar-refractivity contribution in [1.29, 1.82) is 5.26 Å². The molecule has 3 rings (SSSR count). The van der Waals surface area contributed by atoms with Gasteiger partial charge >= 0.3 is 0 Å². The van der Waals surface area contributed by atoms with Gasteiger partial charge in [-0.25, -0.2) is 0 Å². The first-order valence-corrected chi connectivity index (χ1v) is 9.06. The van der Waals surface area contributed by atoms with Crippen molar-refractivity contribution in [3.63, 3.8) is 0 Å². The summed E-state index contributed by atoms with van der Waals surface area (Å²) < 4.78 is 5.78. The molecule has 1 aromatic heterocycles. The summed E-state index contributed by atoms with van der Waals surface area (Å²) in [6, 6.07) is 9.43. The molecule has 1 heterocycles. The Bertz CT molecular complexity index is 825. The summed E-state index contributed by atoms with van der Waals surface area (Å²) in [7, 11) is 0. The number of nitriles is 1. The van der Waals surface area contributed by atoms with Gasteiger partial charge in [-0.2, -0.15) is 15.2 Å². The van der Waals surface area contributed by atoms with Gasteiger partial charge in [0.05, 0.1) is 19.1 Å². The van der Waals surface area contributed by atoms with Crippen LogP contribution in [0.1, 0.15) is 37.7 Å². The summed E-state index contributed by atoms with van der Waals surface area (Å²) in [6.07, 6.45) is 6.25. The summed E-state index contributed by atoms with van der Waals surface area (Å²) >= 11 is 0. The average molecular weight is 366 g/mol. The molecular weight excluding hydrogens is 344 g/mol. The average Bonchev–Trinajstić information content (AvgIpc) is 2.69. The van der Waals surface area contributed by atoms with Crippen molar-refractivity contribution in [2.24, 2.45) is 11.1 Å². The predicted octanol–water partition coefficient (Wildman–Crippen LogP) is 4.23. The molecule has 0 saturated heterocycles. The summed E-state index contributed by atoms with van der Waals surface area (Å²) in [5.41, 5.74) is 7.44. The molecule has 8 nitrogen and oxygen atoms in total. The Labute approximate surface area is 157 Å². The number of anilines is 3. The second-order valence-corrected chi connectivity index (χ2v) is 6.65. The molecule has 1 aromatic carbocycles. The molecule has 1 aliphatic carbocycles. The number of ether oxygens (including phenoxy) is 1. The predicted molar refractivity (Wildman–Crippen MR) is 103 cm³/mol. The van der Waals surface area contributed by atoms with Crippen molar-refractivity contribution in [2.45, 2.75) is 38.5 Å². The van der Waals surface area contributed by atoms with E-state index in [0.29, 0.717) is 18.9 Å². The van der Waals surface area contributed by atoms with E-state index in [0.717, 1.165) is 24.1 Å². The fourth-order valence-electron chi connectivity index (χ4n) is 3.17. The molecule has 140 valence electrons. The molecule has 0 bridgehead atoms. The number of benzene rings is 1. The molecule has 1 saturated carbocycles. The topological polar surface area (TPSA) is 126 Å². The van der Waals surface area contributed by atoms with Crippen LogP contribution in [0.4, 0.5) is 23.1 Å². The minimum absolute atomic E-state index is 0.0257. The maximum absolute atomic E-state index is 11.1. The maximum atomic E-state index is 11.1. The second-order valence-electron chi connectivity index (χ2n) is 6.65. The van der Waals surface area contributed by atoms with Gasteiger partial charge < -0.3 is 15.8 Å². The largest absolute Gasteiger partial charge is 0.476 e. The lowest BCUT2D eigenvalue weighted by Crippen LogP contribution is -2.16. The molecule has 1 fully saturated rings. The van der Waals surface area contributed by atoms with Gasteiger partial charge in [-0.1, -0.05) is 31.4 Å². The Balaban J connectivity index is 1.74. The van der Waals surface area contributed by atoms with Gasteiger partial charge in [0.25, 0.3) is 5.88 Å². The van der Waals surface area contributed by atoms with Gasteiger partial charge in [-0.3, -0.25) is 0 Å². The van der Waals surface area contributed by atoms with Crippen LogP contribution in [0.3, 0.4) is 0 Å². The van der Waals surface area contributed by atoms with E-state index in [2.05, 4.69) is 26.5 Å². The Morgan fingerprint density at radius 2 is 1.96 bits per heavy atom. The van der Waals surface area contributed by atoms with Crippen LogP contribution in [-0.2, 0) is 6.42 Å². The van der Waals surface area contributed by atoms with Crippen LogP contribution in [-0.4, -0.2) is 16.6 Å². The third-order valence-electron chi connectivity index (χ3n) is 4.64. The molecular formula is C19H22N6O2. The lowest BCUT2D eigenvalue weighted by Gasteiger charge is -2.21. The molecule has 0 unspecified atom stereocenters. The van der Waals surface area contributed by atoms with Gasteiger partial charge in [0.15, 0.2) is 5.82 Å². The minimum Gasteiger partial charge on any atom is -0.476 e. The third kappa shape index (κ3) is 4.91. The van der Waals surface area contributed by atoms with E-state index < -0.39 is 0 Å². The van der Waals surface area contributed by atoms with Gasteiger partial charge in [0.2, 0.25) is 11.6 Å². The second kappa shape index (κ2) is 8.94. The third-order valence-corrected chi connectivity index (χ3v) is 4.64. The molecule has 3 N–H and O–H groups in total. The van der Waals surface area contributed by atoms with Gasteiger partial charge in [-0.15, -0.1) is 4.91 Å². The summed E-state index contributed by atoms with van der Waals surface area (Å²) in [5, 5.41) is 14.7. The van der Waals surface area contributed by atoms with Gasteiger partial charge in [-0.05, 0) is 41.6 Å². The highest BCUT2D eigenvalue weighted by Crippen LogP contribution is 2.33. The lowest BCUT2D eigenvalue weighted by atomic mass is 9.90. The zero-order chi connectivity index (χ0) is 19.1. The first-order chi connectivity index (χ1) is 13.2. The number of aromatic nitrogens is 2. The first kappa shape index (κ1) is 18.6. The minimum atomic E-state index is -0.0688. The van der Waals surface area contributed by atoms with E-state index in [1.54, 1.807) is 0 Å². The number of nitrogens with two attached hydrogens (primary N) is 1. The van der Waals surface area contributed by atoms with Crippen molar-refractivity contribution < 1.29 is 4.74 Å². The molecule has 0 atom stereocenters. The number of nitroso groups, excluding NO2 is 1. The van der Waals surface area contributed by atoms with Crippen LogP contribution in [0.5, 0.6) is 5.88 Å². The molecule has 0 spiro atoms. The van der Waals surface area contributed by atoms with Crippen LogP contribution in [0.25, 0.3) is 0 Å². The standard InChI is InChI=1S/C19H22N6O2/c20-11-10-13-6-8-15(9-7-13)22-19-23-17(21)16(25-26)18(24-19)27-12-14-4-2-1-3-5-14/h6-9,14H,1-5,10,12H2,(H3,21,22,23,24). The quantitative estimate of drug-likeness (QED) is 0.702. The lowest BCUT2D eigenvalue weighted by molar-refractivity contribution is 0.203. The number of nitrogens with zero attached hydrogens (tertiary/aromatic N) is 4. The van der Waals surface area contributed by atoms with Gasteiger partial charge in [0.1, 0.15) is 0 Å². The fraction of sp³-hybridized carbons (Fsp3) is 0.421. The zero-order valence-electron chi connectivity index (χ0n) is 15.0. The van der Waals surface area contributed by atoms with Crippen LogP contribution >= 0.6 is 0 Å². The van der Waals surface area contributed by atoms with Crippen molar-refractivity contribution >= 4 is 23.1 Å². The molecule has 0 aliphatic heterocycles. The molecule has 8 heteroatoms. The van der Waals surface area contributed by atoms with E-state index >= 15 is 0 Å². The Morgan fingerprint density at radius 1 is 1.22 bits per heavy atom. The normalized spacial score (nSPS) is 14.3. The first-order valence-electron chi connectivity index (χ1n) is 9.06. The highest BCUT2D eigenvalue weighted by Gasteiger charge is 2.19. The molecule has 2 aromatic rings. The number of rotatable bonds is 7. The summed E-state index contributed by atoms with van der Waals surface area (Å²) in [5.74, 6) is 0.763. The highest BCUT2D eigenvalue weighted by atomic mass is 16.5. The summed E-state index contributed by atoms with van der Waals surface area (Å²) in [6.45, 7) is 0.487. The van der Waals surface area contributed by atoms with E-state index in [1.165, 1.54) is 19.3 Å². The van der Waals surface area contributed by atoms with Crippen LogP contribution in [0.2, 0.25) is 0 Å². The number of nitrogens with one attached hydrogen (secondary N) is 1. The Kier molecular flexibility index (Phi) is 6.15. The van der Waals surface area contributed by atoms with Crippen LogP contribution < -0.4 is 15.8 Å². The SMILES string of the molecule is N#CCc1ccc(Nc2nc(N)c(N=O)c(OCC3CCCCC3)n2)cc1. The van der Waals surface area contributed by atoms with Crippen LogP contribution in [0.15, 0.2) is 29.4 Å². The summed E-state index contributed by atoms with van der Waals surface area (Å²) in [4.78, 5) is 19.5. The van der Waals surface area contributed by atoms with Crippen molar-refractivity contribution in [3.8, 4) is 11.9 Å². The van der Waals surface area contributed by atoms with Crippen LogP contribution in [0, 0.1) is 22.2 Å². The monoisotopic (exact) mass is 366 g/mol. The van der Waals surface area contributed by atoms with Crippen molar-refractivity contribution in [1.82, 2.24) is 9.97 Å². The molecule has 0 amide bonds. The number of nitrogen functional groups attached to an aromatic ring is 1.